The first kappa shape index (κ1) is 16.5. The Morgan fingerprint density at radius 3 is 2.73 bits per heavy atom. The summed E-state index contributed by atoms with van der Waals surface area (Å²) in [6.45, 7) is 5.07. The molecule has 2 N–H and O–H groups in total. The highest BCUT2D eigenvalue weighted by Crippen LogP contribution is 2.25. The van der Waals surface area contributed by atoms with E-state index in [1.165, 1.54) is 0 Å². The molecule has 2 rings (SSSR count). The van der Waals surface area contributed by atoms with E-state index in [-0.39, 0.29) is 36.7 Å². The predicted molar refractivity (Wildman–Crippen MR) is 85.5 cm³/mol. The quantitative estimate of drug-likeness (QED) is 0.836. The van der Waals surface area contributed by atoms with Crippen molar-refractivity contribution in [3.05, 3.63) is 29.8 Å². The highest BCUT2D eigenvalue weighted by Gasteiger charge is 2.34. The van der Waals surface area contributed by atoms with E-state index in [2.05, 4.69) is 5.32 Å². The summed E-state index contributed by atoms with van der Waals surface area (Å²) in [5, 5.41) is 11.7. The maximum Gasteiger partial charge on any atom is 0.227 e. The number of nitrogens with zero attached hydrogens (tertiary/aromatic N) is 1. The summed E-state index contributed by atoms with van der Waals surface area (Å²) in [6, 6.07) is 7.76. The molecular formula is C17H24N2O3. The van der Waals surface area contributed by atoms with Crippen LogP contribution >= 0.6 is 0 Å². The van der Waals surface area contributed by atoms with Crippen LogP contribution in [-0.4, -0.2) is 36.6 Å². The molecule has 0 aliphatic carbocycles. The molecule has 1 heterocycles. The van der Waals surface area contributed by atoms with Gasteiger partial charge in [-0.1, -0.05) is 24.6 Å². The van der Waals surface area contributed by atoms with E-state index < -0.39 is 0 Å². The van der Waals surface area contributed by atoms with Crippen LogP contribution in [0.2, 0.25) is 0 Å². The van der Waals surface area contributed by atoms with Crippen LogP contribution in [-0.2, 0) is 9.59 Å². The van der Waals surface area contributed by atoms with Crippen molar-refractivity contribution in [1.82, 2.24) is 5.32 Å². The summed E-state index contributed by atoms with van der Waals surface area (Å²) in [4.78, 5) is 26.0. The molecule has 2 atom stereocenters. The number of hydrogen-bond acceptors (Lipinski definition) is 3. The fraction of sp³-hybridized carbons (Fsp3) is 0.529. The lowest BCUT2D eigenvalue weighted by atomic mass is 10.1. The van der Waals surface area contributed by atoms with Crippen LogP contribution < -0.4 is 10.2 Å². The molecule has 1 aliphatic rings. The van der Waals surface area contributed by atoms with E-state index in [9.17, 15) is 9.59 Å². The number of aliphatic hydroxyl groups excluding tert-OH is 1. The van der Waals surface area contributed by atoms with E-state index in [1.54, 1.807) is 4.90 Å². The Hall–Kier alpha value is -1.88. The molecule has 22 heavy (non-hydrogen) atoms. The van der Waals surface area contributed by atoms with Gasteiger partial charge in [0.05, 0.1) is 5.92 Å². The molecule has 5 nitrogen and oxygen atoms in total. The lowest BCUT2D eigenvalue weighted by Crippen LogP contribution is -2.35. The number of rotatable bonds is 6. The van der Waals surface area contributed by atoms with Crippen LogP contribution in [0.1, 0.15) is 25.3 Å². The largest absolute Gasteiger partial charge is 0.396 e. The molecule has 2 amide bonds. The number of amides is 2. The van der Waals surface area contributed by atoms with Gasteiger partial charge in [-0.15, -0.1) is 0 Å². The van der Waals surface area contributed by atoms with Crippen molar-refractivity contribution in [2.75, 3.05) is 24.6 Å². The highest BCUT2D eigenvalue weighted by atomic mass is 16.3. The Balaban J connectivity index is 1.91. The van der Waals surface area contributed by atoms with Crippen LogP contribution in [0, 0.1) is 18.8 Å². The normalized spacial score (nSPS) is 19.3. The van der Waals surface area contributed by atoms with Gasteiger partial charge in [0, 0.05) is 31.8 Å². The molecule has 1 fully saturated rings. The molecule has 0 bridgehead atoms. The first-order chi connectivity index (χ1) is 10.5. The standard InChI is InChI=1S/C17H24N2O3/c1-12-3-5-15(6-4-12)19-11-14(9-16(19)21)17(22)18-10-13(2)7-8-20/h3-6,13-14,20H,7-11H2,1-2H3,(H,18,22). The second-order valence-electron chi connectivity index (χ2n) is 6.10. The molecule has 1 aromatic carbocycles. The number of anilines is 1. The van der Waals surface area contributed by atoms with E-state index in [0.717, 1.165) is 11.3 Å². The second kappa shape index (κ2) is 7.40. The minimum atomic E-state index is -0.296. The average molecular weight is 304 g/mol. The van der Waals surface area contributed by atoms with Gasteiger partial charge < -0.3 is 15.3 Å². The highest BCUT2D eigenvalue weighted by molar-refractivity contribution is 6.00. The van der Waals surface area contributed by atoms with Gasteiger partial charge in [-0.25, -0.2) is 0 Å². The molecular weight excluding hydrogens is 280 g/mol. The van der Waals surface area contributed by atoms with Gasteiger partial charge in [-0.3, -0.25) is 9.59 Å². The summed E-state index contributed by atoms with van der Waals surface area (Å²) in [5.74, 6) is -0.144. The van der Waals surface area contributed by atoms with E-state index >= 15 is 0 Å². The molecule has 120 valence electrons. The number of aryl methyl sites for hydroxylation is 1. The summed E-state index contributed by atoms with van der Waals surface area (Å²) in [7, 11) is 0. The summed E-state index contributed by atoms with van der Waals surface area (Å²) >= 11 is 0. The topological polar surface area (TPSA) is 69.6 Å². The Morgan fingerprint density at radius 1 is 1.41 bits per heavy atom. The smallest absolute Gasteiger partial charge is 0.227 e. The van der Waals surface area contributed by atoms with Crippen LogP contribution in [0.15, 0.2) is 24.3 Å². The monoisotopic (exact) mass is 304 g/mol. The van der Waals surface area contributed by atoms with Crippen molar-refractivity contribution in [1.29, 1.82) is 0 Å². The van der Waals surface area contributed by atoms with Crippen LogP contribution in [0.3, 0.4) is 0 Å². The zero-order valence-corrected chi connectivity index (χ0v) is 13.2. The van der Waals surface area contributed by atoms with Gasteiger partial charge in [0.2, 0.25) is 11.8 Å². The first-order valence-corrected chi connectivity index (χ1v) is 7.77. The molecule has 0 radical (unpaired) electrons. The lowest BCUT2D eigenvalue weighted by Gasteiger charge is -2.17. The SMILES string of the molecule is Cc1ccc(N2CC(C(=O)NCC(C)CCO)CC2=O)cc1. The average Bonchev–Trinajstić information content (AvgIpc) is 2.88. The van der Waals surface area contributed by atoms with Gasteiger partial charge in [-0.2, -0.15) is 0 Å². The molecule has 0 spiro atoms. The molecule has 0 saturated carbocycles. The van der Waals surface area contributed by atoms with Gasteiger partial charge >= 0.3 is 0 Å². The molecule has 1 aliphatic heterocycles. The number of aliphatic hydroxyl groups is 1. The Bertz CT molecular complexity index is 527. The van der Waals surface area contributed by atoms with Gasteiger partial charge in [0.1, 0.15) is 0 Å². The molecule has 5 heteroatoms. The van der Waals surface area contributed by atoms with Crippen LogP contribution in [0.5, 0.6) is 0 Å². The van der Waals surface area contributed by atoms with E-state index in [1.807, 2.05) is 38.1 Å². The summed E-state index contributed by atoms with van der Waals surface area (Å²) in [5.41, 5.74) is 1.99. The van der Waals surface area contributed by atoms with E-state index in [0.29, 0.717) is 19.5 Å². The fourth-order valence-corrected chi connectivity index (χ4v) is 2.60. The molecule has 0 aromatic heterocycles. The first-order valence-electron chi connectivity index (χ1n) is 7.77. The second-order valence-corrected chi connectivity index (χ2v) is 6.10. The number of hydrogen-bond donors (Lipinski definition) is 2. The summed E-state index contributed by atoms with van der Waals surface area (Å²) in [6.07, 6.45) is 0.924. The third-order valence-electron chi connectivity index (χ3n) is 4.09. The maximum absolute atomic E-state index is 12.2. The minimum absolute atomic E-state index is 0.00703. The number of nitrogens with one attached hydrogen (secondary N) is 1. The van der Waals surface area contributed by atoms with Crippen LogP contribution in [0.4, 0.5) is 5.69 Å². The lowest BCUT2D eigenvalue weighted by molar-refractivity contribution is -0.126. The summed E-state index contributed by atoms with van der Waals surface area (Å²) < 4.78 is 0. The van der Waals surface area contributed by atoms with Crippen molar-refractivity contribution in [2.45, 2.75) is 26.7 Å². The minimum Gasteiger partial charge on any atom is -0.396 e. The predicted octanol–water partition coefficient (Wildman–Crippen LogP) is 1.48. The molecule has 1 aromatic rings. The molecule has 1 saturated heterocycles. The Kier molecular flexibility index (Phi) is 5.55. The third kappa shape index (κ3) is 4.07. The Morgan fingerprint density at radius 2 is 2.09 bits per heavy atom. The van der Waals surface area contributed by atoms with Crippen molar-refractivity contribution in [2.24, 2.45) is 11.8 Å². The van der Waals surface area contributed by atoms with Gasteiger partial charge in [0.25, 0.3) is 0 Å². The fourth-order valence-electron chi connectivity index (χ4n) is 2.60. The van der Waals surface area contributed by atoms with Gasteiger partial charge in [-0.05, 0) is 31.4 Å². The van der Waals surface area contributed by atoms with Gasteiger partial charge in [0.15, 0.2) is 0 Å². The zero-order chi connectivity index (χ0) is 16.1. The van der Waals surface area contributed by atoms with Crippen molar-refractivity contribution < 1.29 is 14.7 Å². The van der Waals surface area contributed by atoms with Crippen molar-refractivity contribution in [3.63, 3.8) is 0 Å². The Labute approximate surface area is 131 Å². The zero-order valence-electron chi connectivity index (χ0n) is 13.2. The number of benzene rings is 1. The van der Waals surface area contributed by atoms with E-state index in [4.69, 9.17) is 5.11 Å². The third-order valence-corrected chi connectivity index (χ3v) is 4.09. The number of carbonyl (C=O) groups excluding carboxylic acids is 2. The van der Waals surface area contributed by atoms with Crippen LogP contribution in [0.25, 0.3) is 0 Å². The molecule has 2 unspecified atom stereocenters. The maximum atomic E-state index is 12.2. The van der Waals surface area contributed by atoms with Crippen molar-refractivity contribution >= 4 is 17.5 Å². The van der Waals surface area contributed by atoms with Crippen molar-refractivity contribution in [3.8, 4) is 0 Å². The number of carbonyl (C=O) groups is 2.